The van der Waals surface area contributed by atoms with Gasteiger partial charge in [-0.25, -0.2) is 21.9 Å². The van der Waals surface area contributed by atoms with Gasteiger partial charge >= 0.3 is 0 Å². The smallest absolute Gasteiger partial charge is 0.207 e. The summed E-state index contributed by atoms with van der Waals surface area (Å²) < 4.78 is 52.8. The van der Waals surface area contributed by atoms with E-state index in [1.807, 2.05) is 0 Å². The number of sulfonamides is 1. The average molecular weight is 311 g/mol. The molecule has 0 fully saturated rings. The van der Waals surface area contributed by atoms with Gasteiger partial charge < -0.3 is 0 Å². The van der Waals surface area contributed by atoms with Crippen molar-refractivity contribution < 1.29 is 17.2 Å². The van der Waals surface area contributed by atoms with Gasteiger partial charge in [0.2, 0.25) is 10.0 Å². The molecule has 0 saturated heterocycles. The van der Waals surface area contributed by atoms with Crippen LogP contribution in [0.3, 0.4) is 0 Å². The molecule has 6 heteroatoms. The topological polar surface area (TPSA) is 46.2 Å². The minimum Gasteiger partial charge on any atom is -0.207 e. The number of hydrogen-bond acceptors (Lipinski definition) is 2. The van der Waals surface area contributed by atoms with E-state index in [1.165, 1.54) is 12.1 Å². The zero-order valence-electron chi connectivity index (χ0n) is 11.7. The molecule has 2 rings (SSSR count). The van der Waals surface area contributed by atoms with Crippen molar-refractivity contribution in [1.82, 2.24) is 4.72 Å². The average Bonchev–Trinajstić information content (AvgIpc) is 2.43. The first-order chi connectivity index (χ1) is 9.79. The minimum absolute atomic E-state index is 0.0144. The second kappa shape index (κ2) is 5.91. The fourth-order valence-corrected chi connectivity index (χ4v) is 3.03. The molecule has 0 radical (unpaired) electrons. The lowest BCUT2D eigenvalue weighted by atomic mass is 10.1. The van der Waals surface area contributed by atoms with E-state index < -0.39 is 15.8 Å². The summed E-state index contributed by atoms with van der Waals surface area (Å²) in [6.45, 7) is 3.29. The Bertz CT molecular complexity index is 733. The maximum absolute atomic E-state index is 13.5. The maximum atomic E-state index is 13.5. The van der Waals surface area contributed by atoms with Crippen molar-refractivity contribution in [3.05, 3.63) is 64.7 Å². The first-order valence-corrected chi connectivity index (χ1v) is 7.79. The summed E-state index contributed by atoms with van der Waals surface area (Å²) in [7, 11) is -3.72. The summed E-state index contributed by atoms with van der Waals surface area (Å²) in [5, 5.41) is 0. The van der Waals surface area contributed by atoms with E-state index in [1.54, 1.807) is 26.0 Å². The van der Waals surface area contributed by atoms with Crippen molar-refractivity contribution in [3.8, 4) is 0 Å². The molecule has 2 aromatic rings. The third kappa shape index (κ3) is 3.65. The predicted octanol–water partition coefficient (Wildman–Crippen LogP) is 3.06. The van der Waals surface area contributed by atoms with Gasteiger partial charge in [0, 0.05) is 6.54 Å². The van der Waals surface area contributed by atoms with Crippen LogP contribution in [0.25, 0.3) is 0 Å². The molecular weight excluding hydrogens is 296 g/mol. The highest BCUT2D eigenvalue weighted by atomic mass is 32.2. The van der Waals surface area contributed by atoms with Crippen molar-refractivity contribution in [3.63, 3.8) is 0 Å². The number of nitrogens with one attached hydrogen (secondary N) is 1. The number of benzene rings is 2. The fraction of sp³-hybridized carbons (Fsp3) is 0.200. The Morgan fingerprint density at radius 3 is 2.05 bits per heavy atom. The zero-order valence-corrected chi connectivity index (χ0v) is 12.5. The van der Waals surface area contributed by atoms with Gasteiger partial charge in [-0.05, 0) is 54.8 Å². The van der Waals surface area contributed by atoms with Crippen LogP contribution < -0.4 is 4.72 Å². The van der Waals surface area contributed by atoms with Crippen LogP contribution in [0.1, 0.15) is 16.7 Å². The van der Waals surface area contributed by atoms with Gasteiger partial charge in [0.1, 0.15) is 11.6 Å². The van der Waals surface area contributed by atoms with Crippen LogP contribution in [0.15, 0.2) is 41.3 Å². The van der Waals surface area contributed by atoms with Gasteiger partial charge in [-0.15, -0.1) is 0 Å². The molecule has 3 nitrogen and oxygen atoms in total. The molecular formula is C15H15F2NO2S. The molecule has 0 spiro atoms. The second-order valence-electron chi connectivity index (χ2n) is 4.82. The third-order valence-electron chi connectivity index (χ3n) is 3.09. The molecule has 0 unspecified atom stereocenters. The Kier molecular flexibility index (Phi) is 4.39. The summed E-state index contributed by atoms with van der Waals surface area (Å²) in [5.74, 6) is -0.793. The van der Waals surface area contributed by atoms with Crippen LogP contribution in [0.2, 0.25) is 0 Å². The highest BCUT2D eigenvalue weighted by Gasteiger charge is 2.14. The normalized spacial score (nSPS) is 11.6. The highest BCUT2D eigenvalue weighted by Crippen LogP contribution is 2.16. The molecule has 0 aliphatic rings. The van der Waals surface area contributed by atoms with Crippen LogP contribution in [0.4, 0.5) is 8.78 Å². The molecule has 0 aromatic heterocycles. The third-order valence-corrected chi connectivity index (χ3v) is 4.50. The fourth-order valence-electron chi connectivity index (χ4n) is 2.01. The Balaban J connectivity index is 2.17. The predicted molar refractivity (Wildman–Crippen MR) is 76.3 cm³/mol. The largest absolute Gasteiger partial charge is 0.240 e. The molecule has 1 N–H and O–H groups in total. The van der Waals surface area contributed by atoms with Crippen LogP contribution in [-0.2, 0) is 16.6 Å². The molecule has 0 aliphatic carbocycles. The Morgan fingerprint density at radius 2 is 1.52 bits per heavy atom. The summed E-state index contributed by atoms with van der Waals surface area (Å²) in [4.78, 5) is -0.0144. The van der Waals surface area contributed by atoms with Crippen molar-refractivity contribution >= 4 is 10.0 Å². The van der Waals surface area contributed by atoms with E-state index in [2.05, 4.69) is 4.72 Å². The van der Waals surface area contributed by atoms with Gasteiger partial charge in [-0.1, -0.05) is 12.1 Å². The van der Waals surface area contributed by atoms with Gasteiger partial charge in [-0.3, -0.25) is 0 Å². The van der Waals surface area contributed by atoms with E-state index in [9.17, 15) is 17.2 Å². The maximum Gasteiger partial charge on any atom is 0.240 e. The van der Waals surface area contributed by atoms with Crippen molar-refractivity contribution in [2.24, 2.45) is 0 Å². The molecule has 112 valence electrons. The van der Waals surface area contributed by atoms with Crippen LogP contribution in [-0.4, -0.2) is 8.42 Å². The number of hydrogen-bond donors (Lipinski definition) is 1. The molecule has 0 amide bonds. The summed E-state index contributed by atoms with van der Waals surface area (Å²) in [5.41, 5.74) is 1.59. The van der Waals surface area contributed by atoms with Crippen molar-refractivity contribution in [2.45, 2.75) is 25.3 Å². The van der Waals surface area contributed by atoms with Gasteiger partial charge in [0.25, 0.3) is 0 Å². The molecule has 0 saturated carbocycles. The Hall–Kier alpha value is -1.79. The standard InChI is InChI=1S/C15H15F2NO2S/c1-10-7-12(8-11(2)15(10)17)9-18-21(19,20)14-5-3-13(16)4-6-14/h3-8,18H,9H2,1-2H3. The van der Waals surface area contributed by atoms with E-state index in [4.69, 9.17) is 0 Å². The number of aryl methyl sites for hydroxylation is 2. The van der Waals surface area contributed by atoms with E-state index >= 15 is 0 Å². The van der Waals surface area contributed by atoms with Crippen LogP contribution in [0.5, 0.6) is 0 Å². The lowest BCUT2D eigenvalue weighted by Gasteiger charge is -2.09. The molecule has 2 aromatic carbocycles. The van der Waals surface area contributed by atoms with E-state index in [-0.39, 0.29) is 17.3 Å². The van der Waals surface area contributed by atoms with E-state index in [0.717, 1.165) is 12.1 Å². The number of halogens is 2. The first-order valence-electron chi connectivity index (χ1n) is 6.30. The molecule has 0 atom stereocenters. The molecule has 0 heterocycles. The Morgan fingerprint density at radius 1 is 1.00 bits per heavy atom. The van der Waals surface area contributed by atoms with Gasteiger partial charge in [0.15, 0.2) is 0 Å². The van der Waals surface area contributed by atoms with Gasteiger partial charge in [-0.2, -0.15) is 0 Å². The van der Waals surface area contributed by atoms with Crippen molar-refractivity contribution in [2.75, 3.05) is 0 Å². The molecule has 0 aliphatic heterocycles. The number of rotatable bonds is 4. The molecule has 21 heavy (non-hydrogen) atoms. The van der Waals surface area contributed by atoms with E-state index in [0.29, 0.717) is 16.7 Å². The second-order valence-corrected chi connectivity index (χ2v) is 6.59. The minimum atomic E-state index is -3.72. The van der Waals surface area contributed by atoms with Crippen LogP contribution in [0, 0.1) is 25.5 Å². The molecule has 0 bridgehead atoms. The summed E-state index contributed by atoms with van der Waals surface area (Å²) >= 11 is 0. The van der Waals surface area contributed by atoms with Crippen LogP contribution >= 0.6 is 0 Å². The van der Waals surface area contributed by atoms with Crippen molar-refractivity contribution in [1.29, 1.82) is 0 Å². The lowest BCUT2D eigenvalue weighted by molar-refractivity contribution is 0.580. The quantitative estimate of drug-likeness (QED) is 0.943. The highest BCUT2D eigenvalue weighted by molar-refractivity contribution is 7.89. The summed E-state index contributed by atoms with van der Waals surface area (Å²) in [6.07, 6.45) is 0. The lowest BCUT2D eigenvalue weighted by Crippen LogP contribution is -2.23. The summed E-state index contributed by atoms with van der Waals surface area (Å²) in [6, 6.07) is 7.74. The van der Waals surface area contributed by atoms with Gasteiger partial charge in [0.05, 0.1) is 4.90 Å². The zero-order chi connectivity index (χ0) is 15.6. The SMILES string of the molecule is Cc1cc(CNS(=O)(=O)c2ccc(F)cc2)cc(C)c1F. The Labute approximate surface area is 122 Å². The monoisotopic (exact) mass is 311 g/mol. The first kappa shape index (κ1) is 15.6.